The number of hydrogen-bond donors (Lipinski definition) is 3. The van der Waals surface area contributed by atoms with Crippen LogP contribution in [0.3, 0.4) is 0 Å². The van der Waals surface area contributed by atoms with Gasteiger partial charge >= 0.3 is 25.0 Å². The van der Waals surface area contributed by atoms with Crippen molar-refractivity contribution in [2.24, 2.45) is 0 Å². The number of nitrogens with one attached hydrogen (secondary N) is 1. The monoisotopic (exact) mass is 330 g/mol. The first-order chi connectivity index (χ1) is 8.58. The van der Waals surface area contributed by atoms with Gasteiger partial charge in [0.25, 0.3) is 0 Å². The SMILES string of the molecule is O=P(CCNc1ccccn1)(S(=O)(=O)O)S(=O)(=O)O. The van der Waals surface area contributed by atoms with Gasteiger partial charge < -0.3 is 5.32 Å². The van der Waals surface area contributed by atoms with Crippen molar-refractivity contribution < 1.29 is 30.5 Å². The maximum atomic E-state index is 11.7. The first-order valence-electron chi connectivity index (χ1n) is 4.77. The molecule has 12 heteroatoms. The Kier molecular flexibility index (Phi) is 4.69. The van der Waals surface area contributed by atoms with Crippen LogP contribution in [-0.4, -0.2) is 43.6 Å². The fourth-order valence-electron chi connectivity index (χ4n) is 1.14. The van der Waals surface area contributed by atoms with Crippen molar-refractivity contribution >= 4 is 30.8 Å². The van der Waals surface area contributed by atoms with E-state index < -0.39 is 31.2 Å². The summed E-state index contributed by atoms with van der Waals surface area (Å²) in [4.78, 5) is 3.80. The molecule has 0 saturated carbocycles. The third kappa shape index (κ3) is 3.74. The van der Waals surface area contributed by atoms with E-state index in [0.717, 1.165) is 0 Å². The van der Waals surface area contributed by atoms with Gasteiger partial charge in [-0.1, -0.05) is 6.07 Å². The van der Waals surface area contributed by atoms with E-state index in [1.54, 1.807) is 12.1 Å². The van der Waals surface area contributed by atoms with Gasteiger partial charge in [-0.15, -0.1) is 0 Å². The lowest BCUT2D eigenvalue weighted by Gasteiger charge is -2.12. The average Bonchev–Trinajstić information content (AvgIpc) is 2.27. The number of anilines is 1. The second kappa shape index (κ2) is 5.55. The number of hydrogen-bond acceptors (Lipinski definition) is 7. The van der Waals surface area contributed by atoms with Gasteiger partial charge in [-0.3, -0.25) is 13.7 Å². The molecule has 0 aliphatic carbocycles. The fourth-order valence-corrected chi connectivity index (χ4v) is 7.01. The van der Waals surface area contributed by atoms with Crippen LogP contribution in [0.5, 0.6) is 0 Å². The average molecular weight is 330 g/mol. The predicted molar refractivity (Wildman–Crippen MR) is 68.3 cm³/mol. The van der Waals surface area contributed by atoms with Crippen LogP contribution >= 0.6 is 5.55 Å². The van der Waals surface area contributed by atoms with Crippen LogP contribution in [0.15, 0.2) is 24.4 Å². The van der Waals surface area contributed by atoms with E-state index in [9.17, 15) is 21.4 Å². The molecule has 19 heavy (non-hydrogen) atoms. The van der Waals surface area contributed by atoms with Gasteiger partial charge in [-0.2, -0.15) is 16.8 Å². The van der Waals surface area contributed by atoms with Crippen LogP contribution in [0.2, 0.25) is 0 Å². The van der Waals surface area contributed by atoms with Gasteiger partial charge in [0.15, 0.2) is 0 Å². The van der Waals surface area contributed by atoms with Crippen LogP contribution in [0.1, 0.15) is 0 Å². The predicted octanol–water partition coefficient (Wildman–Crippen LogP) is 0.462. The summed E-state index contributed by atoms with van der Waals surface area (Å²) in [5.74, 6) is 0.291. The summed E-state index contributed by atoms with van der Waals surface area (Å²) in [5, 5.41) is 2.51. The van der Waals surface area contributed by atoms with Crippen LogP contribution in [-0.2, 0) is 24.0 Å². The summed E-state index contributed by atoms with van der Waals surface area (Å²) < 4.78 is 72.5. The minimum atomic E-state index is -5.42. The normalized spacial score (nSPS) is 13.2. The lowest BCUT2D eigenvalue weighted by molar-refractivity contribution is 0.484. The molecule has 1 aromatic rings. The number of nitrogens with zero attached hydrogens (tertiary/aromatic N) is 1. The molecule has 1 heterocycles. The number of rotatable bonds is 6. The number of aromatic nitrogens is 1. The van der Waals surface area contributed by atoms with E-state index in [2.05, 4.69) is 10.3 Å². The van der Waals surface area contributed by atoms with Gasteiger partial charge in [0.05, 0.1) is 6.16 Å². The van der Waals surface area contributed by atoms with Crippen LogP contribution < -0.4 is 5.32 Å². The Hall–Kier alpha value is -1.00. The van der Waals surface area contributed by atoms with Gasteiger partial charge in [0.2, 0.25) is 0 Å². The second-order valence-corrected chi connectivity index (χ2v) is 13.8. The molecule has 0 fully saturated rings. The minimum Gasteiger partial charge on any atom is -0.370 e. The van der Waals surface area contributed by atoms with Crippen molar-refractivity contribution in [3.05, 3.63) is 24.4 Å². The molecule has 9 nitrogen and oxygen atoms in total. The Labute approximate surface area is 109 Å². The summed E-state index contributed by atoms with van der Waals surface area (Å²) in [5.41, 5.74) is -5.26. The smallest absolute Gasteiger partial charge is 0.358 e. The minimum absolute atomic E-state index is 0.291. The Bertz CT molecular complexity index is 649. The highest BCUT2D eigenvalue weighted by Gasteiger charge is 2.48. The van der Waals surface area contributed by atoms with Crippen molar-refractivity contribution in [3.8, 4) is 0 Å². The fraction of sp³-hybridized carbons (Fsp3) is 0.286. The van der Waals surface area contributed by atoms with E-state index in [1.165, 1.54) is 12.3 Å². The maximum Gasteiger partial charge on any atom is 0.358 e. The molecule has 0 aromatic carbocycles. The van der Waals surface area contributed by atoms with Gasteiger partial charge in [0.1, 0.15) is 5.82 Å². The molecular formula is C7H11N2O7PS2. The lowest BCUT2D eigenvalue weighted by atomic mass is 10.4. The lowest BCUT2D eigenvalue weighted by Crippen LogP contribution is -2.17. The standard InChI is InChI=1S/C7H11N2O7PS2/c10-17(18(11,12)13,19(14,15)16)6-5-9-7-3-1-2-4-8-7/h1-4H,5-6H2,(H,8,9)(H,11,12,13)(H,14,15,16). The molecule has 3 N–H and O–H groups in total. The highest BCUT2D eigenvalue weighted by molar-refractivity contribution is 8.82. The van der Waals surface area contributed by atoms with Crippen LogP contribution in [0.4, 0.5) is 5.82 Å². The van der Waals surface area contributed by atoms with Crippen molar-refractivity contribution in [3.63, 3.8) is 0 Å². The van der Waals surface area contributed by atoms with Gasteiger partial charge in [-0.25, -0.2) is 4.98 Å². The Morgan fingerprint density at radius 2 is 1.74 bits per heavy atom. The van der Waals surface area contributed by atoms with E-state index in [1.807, 2.05) is 0 Å². The first kappa shape index (κ1) is 16.1. The molecule has 0 radical (unpaired) electrons. The Morgan fingerprint density at radius 1 is 1.16 bits per heavy atom. The molecule has 0 spiro atoms. The van der Waals surface area contributed by atoms with Gasteiger partial charge in [0, 0.05) is 12.7 Å². The highest BCUT2D eigenvalue weighted by Crippen LogP contribution is 2.56. The van der Waals surface area contributed by atoms with Crippen LogP contribution in [0, 0.1) is 0 Å². The summed E-state index contributed by atoms with van der Waals surface area (Å²) in [6.07, 6.45) is 0.439. The molecule has 0 unspecified atom stereocenters. The van der Waals surface area contributed by atoms with E-state index in [-0.39, 0.29) is 6.54 Å². The Morgan fingerprint density at radius 3 is 2.16 bits per heavy atom. The molecule has 0 aliphatic rings. The number of pyridine rings is 1. The first-order valence-corrected chi connectivity index (χ1v) is 10.8. The topological polar surface area (TPSA) is 151 Å². The van der Waals surface area contributed by atoms with Crippen LogP contribution in [0.25, 0.3) is 0 Å². The van der Waals surface area contributed by atoms with Crippen molar-refractivity contribution in [2.75, 3.05) is 18.0 Å². The summed E-state index contributed by atoms with van der Waals surface area (Å²) in [6, 6.07) is 4.73. The quantitative estimate of drug-likeness (QED) is 0.499. The highest BCUT2D eigenvalue weighted by atomic mass is 33.1. The largest absolute Gasteiger partial charge is 0.370 e. The van der Waals surface area contributed by atoms with Crippen molar-refractivity contribution in [1.29, 1.82) is 0 Å². The summed E-state index contributed by atoms with van der Waals surface area (Å²) >= 11 is 0. The molecule has 0 saturated heterocycles. The van der Waals surface area contributed by atoms with Crippen molar-refractivity contribution in [2.45, 2.75) is 0 Å². The van der Waals surface area contributed by atoms with Gasteiger partial charge in [-0.05, 0) is 12.1 Å². The Balaban J connectivity index is 2.87. The molecule has 0 atom stereocenters. The molecule has 0 bridgehead atoms. The summed E-state index contributed by atoms with van der Waals surface area (Å²) in [6.45, 7) is -0.381. The van der Waals surface area contributed by atoms with E-state index in [0.29, 0.717) is 5.82 Å². The molecule has 0 amide bonds. The third-order valence-electron chi connectivity index (χ3n) is 2.06. The van der Waals surface area contributed by atoms with E-state index >= 15 is 0 Å². The van der Waals surface area contributed by atoms with E-state index in [4.69, 9.17) is 9.11 Å². The zero-order valence-corrected chi connectivity index (χ0v) is 11.9. The molecule has 1 rings (SSSR count). The zero-order chi connectivity index (χ0) is 14.7. The molecule has 1 aromatic heterocycles. The second-order valence-electron chi connectivity index (χ2n) is 3.37. The maximum absolute atomic E-state index is 11.7. The zero-order valence-electron chi connectivity index (χ0n) is 9.37. The summed E-state index contributed by atoms with van der Waals surface area (Å²) in [7, 11) is -10.8. The molecule has 0 aliphatic heterocycles. The third-order valence-corrected chi connectivity index (χ3v) is 12.9. The molecular weight excluding hydrogens is 319 g/mol. The van der Waals surface area contributed by atoms with Crippen molar-refractivity contribution in [1.82, 2.24) is 4.98 Å². The molecule has 108 valence electrons.